The summed E-state index contributed by atoms with van der Waals surface area (Å²) in [4.78, 5) is 26.1. The molecule has 0 saturated carbocycles. The van der Waals surface area contributed by atoms with E-state index in [0.717, 1.165) is 10.2 Å². The van der Waals surface area contributed by atoms with Crippen LogP contribution in [0.15, 0.2) is 28.7 Å². The van der Waals surface area contributed by atoms with Crippen molar-refractivity contribution in [1.82, 2.24) is 5.32 Å². The minimum Gasteiger partial charge on any atom is -0.352 e. The van der Waals surface area contributed by atoms with Gasteiger partial charge in [0.2, 0.25) is 11.8 Å². The van der Waals surface area contributed by atoms with Crippen LogP contribution in [0.1, 0.15) is 12.8 Å². The Balaban J connectivity index is 1.64. The van der Waals surface area contributed by atoms with E-state index in [4.69, 9.17) is 0 Å². The van der Waals surface area contributed by atoms with E-state index in [9.17, 15) is 18.0 Å². The summed E-state index contributed by atoms with van der Waals surface area (Å²) in [5.41, 5.74) is 0.753. The molecule has 2 saturated heterocycles. The monoisotopic (exact) mass is 400 g/mol. The second kappa shape index (κ2) is 6.24. The van der Waals surface area contributed by atoms with Crippen molar-refractivity contribution in [3.8, 4) is 0 Å². The fraction of sp³-hybridized carbons (Fsp3) is 0.467. The zero-order valence-electron chi connectivity index (χ0n) is 12.4. The molecule has 8 heteroatoms. The predicted octanol–water partition coefficient (Wildman–Crippen LogP) is 1.11. The molecule has 23 heavy (non-hydrogen) atoms. The largest absolute Gasteiger partial charge is 0.352 e. The number of hydrogen-bond acceptors (Lipinski definition) is 4. The fourth-order valence-corrected chi connectivity index (χ4v) is 5.07. The van der Waals surface area contributed by atoms with Crippen LogP contribution in [-0.2, 0) is 19.4 Å². The zero-order valence-corrected chi connectivity index (χ0v) is 14.8. The van der Waals surface area contributed by atoms with Crippen molar-refractivity contribution in [2.45, 2.75) is 18.9 Å². The Hall–Kier alpha value is -1.41. The number of anilines is 1. The molecule has 0 aromatic heterocycles. The Kier molecular flexibility index (Phi) is 4.46. The van der Waals surface area contributed by atoms with Gasteiger partial charge in [-0.3, -0.25) is 9.59 Å². The van der Waals surface area contributed by atoms with Gasteiger partial charge in [-0.25, -0.2) is 8.42 Å². The van der Waals surface area contributed by atoms with E-state index in [1.165, 1.54) is 0 Å². The predicted molar refractivity (Wildman–Crippen MR) is 89.8 cm³/mol. The first-order chi connectivity index (χ1) is 10.8. The van der Waals surface area contributed by atoms with Gasteiger partial charge in [0.1, 0.15) is 0 Å². The zero-order chi connectivity index (χ0) is 16.6. The fourth-order valence-electron chi connectivity index (χ4n) is 3.00. The van der Waals surface area contributed by atoms with Crippen LogP contribution in [0.3, 0.4) is 0 Å². The molecule has 2 atom stereocenters. The number of sulfone groups is 1. The van der Waals surface area contributed by atoms with E-state index in [-0.39, 0.29) is 35.8 Å². The molecular formula is C15H17BrN2O4S. The molecule has 1 aromatic carbocycles. The summed E-state index contributed by atoms with van der Waals surface area (Å²) in [5.74, 6) is -0.662. The van der Waals surface area contributed by atoms with Crippen molar-refractivity contribution in [3.05, 3.63) is 28.7 Å². The summed E-state index contributed by atoms with van der Waals surface area (Å²) in [5, 5.41) is 2.77. The van der Waals surface area contributed by atoms with Crippen molar-refractivity contribution >= 4 is 43.3 Å². The Labute approximate surface area is 143 Å². The van der Waals surface area contributed by atoms with Crippen molar-refractivity contribution < 1.29 is 18.0 Å². The smallest absolute Gasteiger partial charge is 0.227 e. The van der Waals surface area contributed by atoms with Gasteiger partial charge in [0.05, 0.1) is 17.4 Å². The Morgan fingerprint density at radius 3 is 2.78 bits per heavy atom. The molecule has 124 valence electrons. The van der Waals surface area contributed by atoms with Crippen molar-refractivity contribution in [1.29, 1.82) is 0 Å². The maximum absolute atomic E-state index is 12.3. The average Bonchev–Trinajstić information content (AvgIpc) is 3.01. The third-order valence-corrected chi connectivity index (χ3v) is 6.46. The van der Waals surface area contributed by atoms with E-state index in [2.05, 4.69) is 21.2 Å². The minimum atomic E-state index is -3.03. The quantitative estimate of drug-likeness (QED) is 0.823. The van der Waals surface area contributed by atoms with E-state index in [1.54, 1.807) is 4.90 Å². The van der Waals surface area contributed by atoms with Crippen LogP contribution in [0.5, 0.6) is 0 Å². The highest BCUT2D eigenvalue weighted by atomic mass is 79.9. The van der Waals surface area contributed by atoms with E-state index < -0.39 is 15.8 Å². The summed E-state index contributed by atoms with van der Waals surface area (Å²) in [6.45, 7) is 0.320. The lowest BCUT2D eigenvalue weighted by atomic mass is 10.1. The molecule has 2 aliphatic rings. The highest BCUT2D eigenvalue weighted by Gasteiger charge is 2.37. The number of nitrogens with zero attached hydrogens (tertiary/aromatic N) is 1. The van der Waals surface area contributed by atoms with Crippen LogP contribution in [0.4, 0.5) is 5.69 Å². The highest BCUT2D eigenvalue weighted by molar-refractivity contribution is 9.10. The summed E-state index contributed by atoms with van der Waals surface area (Å²) >= 11 is 3.37. The number of benzene rings is 1. The molecule has 0 radical (unpaired) electrons. The van der Waals surface area contributed by atoms with Gasteiger partial charge in [0.25, 0.3) is 0 Å². The Bertz CT molecular complexity index is 750. The molecule has 6 nitrogen and oxygen atoms in total. The highest BCUT2D eigenvalue weighted by Crippen LogP contribution is 2.27. The SMILES string of the molecule is O=C(N[C@H]1CCS(=O)(=O)C1)[C@@H]1CC(=O)N(c2cccc(Br)c2)C1. The molecule has 0 aliphatic carbocycles. The molecule has 2 amide bonds. The van der Waals surface area contributed by atoms with E-state index in [1.807, 2.05) is 24.3 Å². The molecule has 0 bridgehead atoms. The van der Waals surface area contributed by atoms with Gasteiger partial charge in [0.15, 0.2) is 9.84 Å². The van der Waals surface area contributed by atoms with Gasteiger partial charge in [0, 0.05) is 29.2 Å². The summed E-state index contributed by atoms with van der Waals surface area (Å²) in [6.07, 6.45) is 0.599. The van der Waals surface area contributed by atoms with Crippen LogP contribution < -0.4 is 10.2 Å². The minimum absolute atomic E-state index is 0.00521. The topological polar surface area (TPSA) is 83.5 Å². The molecule has 2 fully saturated rings. The first-order valence-electron chi connectivity index (χ1n) is 7.41. The number of nitrogens with one attached hydrogen (secondary N) is 1. The third-order valence-electron chi connectivity index (χ3n) is 4.19. The average molecular weight is 401 g/mol. The normalized spacial score (nSPS) is 26.5. The lowest BCUT2D eigenvalue weighted by molar-refractivity contribution is -0.126. The van der Waals surface area contributed by atoms with Crippen molar-refractivity contribution in [3.63, 3.8) is 0 Å². The van der Waals surface area contributed by atoms with Gasteiger partial charge >= 0.3 is 0 Å². The van der Waals surface area contributed by atoms with Crippen molar-refractivity contribution in [2.75, 3.05) is 23.0 Å². The van der Waals surface area contributed by atoms with E-state index in [0.29, 0.717) is 13.0 Å². The van der Waals surface area contributed by atoms with Gasteiger partial charge in [-0.1, -0.05) is 22.0 Å². The van der Waals surface area contributed by atoms with Crippen LogP contribution in [-0.4, -0.2) is 44.3 Å². The molecular weight excluding hydrogens is 384 g/mol. The molecule has 1 N–H and O–H groups in total. The number of amides is 2. The number of carbonyl (C=O) groups is 2. The first kappa shape index (κ1) is 16.4. The maximum atomic E-state index is 12.3. The summed E-state index contributed by atoms with van der Waals surface area (Å²) < 4.78 is 23.8. The van der Waals surface area contributed by atoms with Gasteiger partial charge in [-0.2, -0.15) is 0 Å². The molecule has 1 aromatic rings. The van der Waals surface area contributed by atoms with E-state index >= 15 is 0 Å². The van der Waals surface area contributed by atoms with Crippen molar-refractivity contribution in [2.24, 2.45) is 5.92 Å². The lowest BCUT2D eigenvalue weighted by Gasteiger charge is -2.18. The number of hydrogen-bond donors (Lipinski definition) is 1. The summed E-state index contributed by atoms with van der Waals surface area (Å²) in [6, 6.07) is 7.04. The van der Waals surface area contributed by atoms with Crippen LogP contribution in [0.25, 0.3) is 0 Å². The second-order valence-electron chi connectivity index (χ2n) is 5.99. The lowest BCUT2D eigenvalue weighted by Crippen LogP contribution is -2.40. The maximum Gasteiger partial charge on any atom is 0.227 e. The second-order valence-corrected chi connectivity index (χ2v) is 9.14. The Morgan fingerprint density at radius 2 is 2.13 bits per heavy atom. The van der Waals surface area contributed by atoms with Crippen LogP contribution in [0, 0.1) is 5.92 Å². The van der Waals surface area contributed by atoms with Gasteiger partial charge in [-0.05, 0) is 24.6 Å². The Morgan fingerprint density at radius 1 is 1.35 bits per heavy atom. The molecule has 0 spiro atoms. The standard InChI is InChI=1S/C15H17BrN2O4S/c16-11-2-1-3-13(7-11)18-8-10(6-14(18)19)15(20)17-12-4-5-23(21,22)9-12/h1-3,7,10,12H,4-6,8-9H2,(H,17,20)/t10-,12+/m1/s1. The third kappa shape index (κ3) is 3.74. The van der Waals surface area contributed by atoms with Crippen LogP contribution >= 0.6 is 15.9 Å². The van der Waals surface area contributed by atoms with Gasteiger partial charge < -0.3 is 10.2 Å². The molecule has 2 aliphatic heterocycles. The molecule has 3 rings (SSSR count). The number of rotatable bonds is 3. The first-order valence-corrected chi connectivity index (χ1v) is 10.0. The molecule has 2 heterocycles. The summed E-state index contributed by atoms with van der Waals surface area (Å²) in [7, 11) is -3.03. The molecule has 0 unspecified atom stereocenters. The van der Waals surface area contributed by atoms with Gasteiger partial charge in [-0.15, -0.1) is 0 Å². The number of carbonyl (C=O) groups excluding carboxylic acids is 2. The number of halogens is 1. The van der Waals surface area contributed by atoms with Crippen LogP contribution in [0.2, 0.25) is 0 Å².